The summed E-state index contributed by atoms with van der Waals surface area (Å²) in [6.45, 7) is 2.77. The van der Waals surface area contributed by atoms with Crippen LogP contribution in [0, 0.1) is 5.92 Å². The van der Waals surface area contributed by atoms with Crippen molar-refractivity contribution in [3.05, 3.63) is 86.4 Å². The number of thiophene rings is 1. The Hall–Kier alpha value is -4.57. The van der Waals surface area contributed by atoms with Gasteiger partial charge in [-0.1, -0.05) is 31.2 Å². The lowest BCUT2D eigenvalue weighted by atomic mass is 9.91. The topological polar surface area (TPSA) is 110 Å². The predicted octanol–water partition coefficient (Wildman–Crippen LogP) is 4.96. The van der Waals surface area contributed by atoms with Crippen LogP contribution >= 0.6 is 11.3 Å². The molecule has 7 rings (SSSR count). The molecule has 0 spiro atoms. The van der Waals surface area contributed by atoms with Gasteiger partial charge in [0.25, 0.3) is 5.91 Å². The second-order valence-corrected chi connectivity index (χ2v) is 12.0. The number of hydrogen-bond donors (Lipinski definition) is 2. The number of esters is 1. The summed E-state index contributed by atoms with van der Waals surface area (Å²) in [5.41, 5.74) is 5.89. The van der Waals surface area contributed by atoms with E-state index < -0.39 is 11.9 Å². The molecule has 214 valence electrons. The first kappa shape index (κ1) is 26.3. The number of fused-ring (bicyclic) bond motifs is 5. The lowest BCUT2D eigenvalue weighted by Gasteiger charge is -2.36. The van der Waals surface area contributed by atoms with Gasteiger partial charge in [-0.3, -0.25) is 14.4 Å². The molecule has 9 nitrogen and oxygen atoms in total. The van der Waals surface area contributed by atoms with E-state index in [2.05, 4.69) is 27.2 Å². The summed E-state index contributed by atoms with van der Waals surface area (Å²) in [5, 5.41) is 4.03. The highest BCUT2D eigenvalue weighted by Crippen LogP contribution is 2.43. The van der Waals surface area contributed by atoms with Gasteiger partial charge in [0, 0.05) is 39.6 Å². The van der Waals surface area contributed by atoms with Gasteiger partial charge in [-0.2, -0.15) is 0 Å². The summed E-state index contributed by atoms with van der Waals surface area (Å²) >= 11 is 1.50. The molecule has 0 saturated carbocycles. The molecule has 4 heterocycles. The van der Waals surface area contributed by atoms with Crippen molar-refractivity contribution in [2.45, 2.75) is 32.2 Å². The van der Waals surface area contributed by atoms with E-state index in [1.54, 1.807) is 0 Å². The molecule has 1 aliphatic carbocycles. The maximum atomic E-state index is 14.3. The minimum absolute atomic E-state index is 0.0333. The van der Waals surface area contributed by atoms with Gasteiger partial charge in [-0.25, -0.2) is 0 Å². The van der Waals surface area contributed by atoms with Crippen molar-refractivity contribution in [3.8, 4) is 11.5 Å². The largest absolute Gasteiger partial charge is 0.469 e. The molecule has 3 aliphatic rings. The molecular formula is C32H29N3O6S. The van der Waals surface area contributed by atoms with Crippen LogP contribution in [0.3, 0.4) is 0 Å². The Morgan fingerprint density at radius 1 is 1.12 bits per heavy atom. The number of para-hydroxylation sites is 1. The Kier molecular flexibility index (Phi) is 6.50. The van der Waals surface area contributed by atoms with E-state index in [9.17, 15) is 14.4 Å². The van der Waals surface area contributed by atoms with Crippen LogP contribution in [0.4, 0.5) is 0 Å². The normalized spacial score (nSPS) is 18.7. The quantitative estimate of drug-likeness (QED) is 0.254. The monoisotopic (exact) mass is 583 g/mol. The standard InChI is InChI=1S/C32H29N3O6S/c1-17-11-26-19(12-23(17)33-28(36)15-29(37)39-2)14-27(42-26)32(38)35-10-9-21-20-5-3-4-6-22(20)34-30(21)31(35)18-7-8-24-25(13-18)41-16-40-24/h3-8,12-14,17,31,34H,9-11,15-16H2,1-2H3,(H,33,36). The van der Waals surface area contributed by atoms with Gasteiger partial charge < -0.3 is 29.4 Å². The van der Waals surface area contributed by atoms with Crippen molar-refractivity contribution < 1.29 is 28.6 Å². The Labute approximate surface area is 246 Å². The minimum atomic E-state index is -0.586. The summed E-state index contributed by atoms with van der Waals surface area (Å²) < 4.78 is 15.8. The molecule has 2 aromatic heterocycles. The van der Waals surface area contributed by atoms with Gasteiger partial charge in [0.1, 0.15) is 6.42 Å². The Morgan fingerprint density at radius 2 is 1.95 bits per heavy atom. The number of rotatable bonds is 5. The fourth-order valence-electron chi connectivity index (χ4n) is 6.13. The van der Waals surface area contributed by atoms with Gasteiger partial charge in [0.15, 0.2) is 11.5 Å². The number of H-pyrrole nitrogens is 1. The van der Waals surface area contributed by atoms with E-state index in [1.807, 2.05) is 54.3 Å². The number of carbonyl (C=O) groups excluding carboxylic acids is 3. The number of aromatic amines is 1. The van der Waals surface area contributed by atoms with Crippen molar-refractivity contribution >= 4 is 46.1 Å². The minimum Gasteiger partial charge on any atom is -0.469 e. The van der Waals surface area contributed by atoms with E-state index in [-0.39, 0.29) is 31.1 Å². The molecule has 0 saturated heterocycles. The highest BCUT2D eigenvalue weighted by atomic mass is 32.1. The first-order chi connectivity index (χ1) is 20.4. The second kappa shape index (κ2) is 10.4. The zero-order valence-electron chi connectivity index (χ0n) is 23.2. The van der Waals surface area contributed by atoms with E-state index in [1.165, 1.54) is 29.4 Å². The summed E-state index contributed by atoms with van der Waals surface area (Å²) in [7, 11) is 1.26. The van der Waals surface area contributed by atoms with Gasteiger partial charge in [0.05, 0.1) is 18.0 Å². The SMILES string of the molecule is COC(=O)CC(=O)NC1=Cc2cc(C(=O)N3CCc4c([nH]c5ccccc45)C3c3ccc4c(c3)OCO4)sc2CC1C. The number of carbonyl (C=O) groups is 3. The Balaban J connectivity index is 1.23. The Morgan fingerprint density at radius 3 is 2.81 bits per heavy atom. The van der Waals surface area contributed by atoms with E-state index in [0.29, 0.717) is 29.3 Å². The van der Waals surface area contributed by atoms with Gasteiger partial charge >= 0.3 is 5.97 Å². The van der Waals surface area contributed by atoms with E-state index >= 15 is 0 Å². The van der Waals surface area contributed by atoms with Crippen molar-refractivity contribution in [2.75, 3.05) is 20.4 Å². The molecule has 2 N–H and O–H groups in total. The summed E-state index contributed by atoms with van der Waals surface area (Å²) in [6, 6.07) is 15.7. The average Bonchev–Trinajstić information content (AvgIpc) is 3.72. The van der Waals surface area contributed by atoms with Crippen LogP contribution in [0.25, 0.3) is 17.0 Å². The number of methoxy groups -OCH3 is 1. The van der Waals surface area contributed by atoms with Crippen molar-refractivity contribution in [1.82, 2.24) is 15.2 Å². The molecule has 42 heavy (non-hydrogen) atoms. The summed E-state index contributed by atoms with van der Waals surface area (Å²) in [4.78, 5) is 45.4. The molecule has 10 heteroatoms. The molecule has 0 fully saturated rings. The van der Waals surface area contributed by atoms with Crippen molar-refractivity contribution in [3.63, 3.8) is 0 Å². The second-order valence-electron chi connectivity index (χ2n) is 10.8. The molecule has 2 aliphatic heterocycles. The van der Waals surface area contributed by atoms with Crippen LogP contribution in [0.5, 0.6) is 11.5 Å². The number of hydrogen-bond acceptors (Lipinski definition) is 7. The van der Waals surface area contributed by atoms with E-state index in [0.717, 1.165) is 39.3 Å². The van der Waals surface area contributed by atoms with Crippen LogP contribution in [0.2, 0.25) is 0 Å². The Bertz CT molecular complexity index is 1790. The van der Waals surface area contributed by atoms with Gasteiger partial charge in [0.2, 0.25) is 12.7 Å². The highest BCUT2D eigenvalue weighted by Gasteiger charge is 2.37. The first-order valence-corrected chi connectivity index (χ1v) is 14.7. The third-order valence-corrected chi connectivity index (χ3v) is 9.37. The van der Waals surface area contributed by atoms with Crippen LogP contribution < -0.4 is 14.8 Å². The molecule has 2 amide bonds. The third-order valence-electron chi connectivity index (χ3n) is 8.21. The highest BCUT2D eigenvalue weighted by molar-refractivity contribution is 7.14. The molecule has 0 radical (unpaired) electrons. The fraction of sp³-hybridized carbons (Fsp3) is 0.281. The van der Waals surface area contributed by atoms with Crippen LogP contribution in [-0.2, 0) is 27.2 Å². The average molecular weight is 584 g/mol. The zero-order valence-corrected chi connectivity index (χ0v) is 24.0. The van der Waals surface area contributed by atoms with E-state index in [4.69, 9.17) is 9.47 Å². The summed E-state index contributed by atoms with van der Waals surface area (Å²) in [5.74, 6) is 0.368. The molecule has 4 aromatic rings. The van der Waals surface area contributed by atoms with Gasteiger partial charge in [-0.05, 0) is 59.9 Å². The number of benzene rings is 2. The molecule has 2 unspecified atom stereocenters. The molecule has 2 atom stereocenters. The number of ether oxygens (including phenoxy) is 3. The van der Waals surface area contributed by atoms with Crippen molar-refractivity contribution in [2.24, 2.45) is 5.92 Å². The third kappa shape index (κ3) is 4.52. The maximum Gasteiger partial charge on any atom is 0.315 e. The smallest absolute Gasteiger partial charge is 0.315 e. The van der Waals surface area contributed by atoms with Crippen LogP contribution in [0.1, 0.15) is 56.3 Å². The predicted molar refractivity (Wildman–Crippen MR) is 157 cm³/mol. The van der Waals surface area contributed by atoms with Crippen LogP contribution in [-0.4, -0.2) is 48.1 Å². The van der Waals surface area contributed by atoms with Crippen LogP contribution in [0.15, 0.2) is 54.2 Å². The summed E-state index contributed by atoms with van der Waals surface area (Å²) in [6.07, 6.45) is 3.00. The molecule has 2 aromatic carbocycles. The van der Waals surface area contributed by atoms with Gasteiger partial charge in [-0.15, -0.1) is 11.3 Å². The molecule has 0 bridgehead atoms. The zero-order chi connectivity index (χ0) is 29.0. The molecular weight excluding hydrogens is 554 g/mol. The lowest BCUT2D eigenvalue weighted by Crippen LogP contribution is -2.40. The number of nitrogens with one attached hydrogen (secondary N) is 2. The van der Waals surface area contributed by atoms with Crippen molar-refractivity contribution in [1.29, 1.82) is 0 Å². The lowest BCUT2D eigenvalue weighted by molar-refractivity contribution is -0.143. The number of amides is 2. The fourth-order valence-corrected chi connectivity index (χ4v) is 7.35. The maximum absolute atomic E-state index is 14.3. The number of allylic oxidation sites excluding steroid dienone is 1. The first-order valence-electron chi connectivity index (χ1n) is 13.9. The number of nitrogens with zero attached hydrogens (tertiary/aromatic N) is 1. The number of aromatic nitrogens is 1.